The first-order valence-corrected chi connectivity index (χ1v) is 8.33. The van der Waals surface area contributed by atoms with E-state index in [1.807, 2.05) is 24.3 Å². The quantitative estimate of drug-likeness (QED) is 0.290. The fraction of sp³-hybridized carbons (Fsp3) is 0.222. The lowest BCUT2D eigenvalue weighted by atomic mass is 10.0. The molecule has 0 amide bonds. The van der Waals surface area contributed by atoms with Crippen molar-refractivity contribution in [3.63, 3.8) is 0 Å². The van der Waals surface area contributed by atoms with Crippen LogP contribution in [0, 0.1) is 0 Å². The van der Waals surface area contributed by atoms with E-state index < -0.39 is 0 Å². The van der Waals surface area contributed by atoms with E-state index in [2.05, 4.69) is 10.3 Å². The maximum atomic E-state index is 9.19. The highest BCUT2D eigenvalue weighted by Crippen LogP contribution is 2.16. The minimum Gasteiger partial charge on any atom is -0.411 e. The molecule has 0 atom stereocenters. The number of rotatable bonds is 7. The first-order valence-electron chi connectivity index (χ1n) is 7.58. The first-order chi connectivity index (χ1) is 11.6. The van der Waals surface area contributed by atoms with Crippen molar-refractivity contribution in [2.24, 2.45) is 10.3 Å². The minimum absolute atomic E-state index is 0.612. The van der Waals surface area contributed by atoms with Crippen LogP contribution in [0.5, 0.6) is 0 Å². The number of oxime groups is 2. The van der Waals surface area contributed by atoms with E-state index in [-0.39, 0.29) is 0 Å². The fourth-order valence-electron chi connectivity index (χ4n) is 2.37. The molecule has 2 rings (SSSR count). The third-order valence-corrected chi connectivity index (χ3v) is 4.18. The number of halogens is 2. The highest BCUT2D eigenvalue weighted by Gasteiger charge is 2.07. The van der Waals surface area contributed by atoms with Crippen LogP contribution in [0.2, 0.25) is 10.0 Å². The van der Waals surface area contributed by atoms with E-state index in [1.54, 1.807) is 24.3 Å². The average molecular weight is 365 g/mol. The van der Waals surface area contributed by atoms with Crippen molar-refractivity contribution in [1.29, 1.82) is 0 Å². The number of benzene rings is 2. The van der Waals surface area contributed by atoms with Gasteiger partial charge in [0.25, 0.3) is 0 Å². The largest absolute Gasteiger partial charge is 0.411 e. The molecule has 2 aromatic carbocycles. The van der Waals surface area contributed by atoms with E-state index in [0.717, 1.165) is 24.0 Å². The second-order valence-corrected chi connectivity index (χ2v) is 6.19. The molecule has 6 heteroatoms. The van der Waals surface area contributed by atoms with E-state index >= 15 is 0 Å². The summed E-state index contributed by atoms with van der Waals surface area (Å²) in [7, 11) is 0. The molecule has 0 fully saturated rings. The Morgan fingerprint density at radius 1 is 0.667 bits per heavy atom. The van der Waals surface area contributed by atoms with Gasteiger partial charge < -0.3 is 10.4 Å². The Labute approximate surface area is 151 Å². The molecule has 0 unspecified atom stereocenters. The summed E-state index contributed by atoms with van der Waals surface area (Å²) in [6.07, 6.45) is 2.85. The van der Waals surface area contributed by atoms with Crippen molar-refractivity contribution >= 4 is 34.6 Å². The van der Waals surface area contributed by atoms with E-state index in [4.69, 9.17) is 23.2 Å². The normalized spacial score (nSPS) is 12.4. The Bertz CT molecular complexity index is 647. The van der Waals surface area contributed by atoms with Gasteiger partial charge in [0, 0.05) is 10.0 Å². The lowest BCUT2D eigenvalue weighted by Gasteiger charge is -2.07. The zero-order valence-electron chi connectivity index (χ0n) is 13.0. The van der Waals surface area contributed by atoms with Gasteiger partial charge in [-0.25, -0.2) is 0 Å². The standard InChI is InChI=1S/C18H18Cl2N2O2/c19-15-9-5-13(6-10-15)17(21-23)3-1-2-4-18(22-24)14-7-11-16(20)12-8-14/h5-12,23-24H,1-4H2/b21-17+,22-18+. The Morgan fingerprint density at radius 2 is 1.00 bits per heavy atom. The van der Waals surface area contributed by atoms with Gasteiger partial charge in [-0.1, -0.05) is 57.8 Å². The van der Waals surface area contributed by atoms with Gasteiger partial charge in [-0.15, -0.1) is 0 Å². The molecule has 2 aromatic rings. The topological polar surface area (TPSA) is 65.2 Å². The van der Waals surface area contributed by atoms with Crippen LogP contribution in [0.4, 0.5) is 0 Å². The number of unbranched alkanes of at least 4 members (excludes halogenated alkanes) is 1. The summed E-state index contributed by atoms with van der Waals surface area (Å²) >= 11 is 11.7. The molecule has 0 aliphatic rings. The molecule has 0 aromatic heterocycles. The lowest BCUT2D eigenvalue weighted by Crippen LogP contribution is -2.04. The molecule has 24 heavy (non-hydrogen) atoms. The van der Waals surface area contributed by atoms with Crippen LogP contribution in [0.1, 0.15) is 36.8 Å². The number of hydrogen-bond acceptors (Lipinski definition) is 4. The van der Waals surface area contributed by atoms with Gasteiger partial charge in [0.15, 0.2) is 0 Å². The molecule has 4 nitrogen and oxygen atoms in total. The summed E-state index contributed by atoms with van der Waals surface area (Å²) in [6.45, 7) is 0. The first kappa shape index (κ1) is 18.3. The zero-order chi connectivity index (χ0) is 17.4. The summed E-state index contributed by atoms with van der Waals surface area (Å²) in [5.74, 6) is 0. The number of nitrogens with zero attached hydrogens (tertiary/aromatic N) is 2. The summed E-state index contributed by atoms with van der Waals surface area (Å²) in [5, 5.41) is 26.4. The van der Waals surface area contributed by atoms with Crippen LogP contribution in [0.25, 0.3) is 0 Å². The molecule has 0 saturated heterocycles. The van der Waals surface area contributed by atoms with Crippen LogP contribution in [-0.2, 0) is 0 Å². The molecule has 2 N–H and O–H groups in total. The van der Waals surface area contributed by atoms with E-state index in [9.17, 15) is 10.4 Å². The van der Waals surface area contributed by atoms with Gasteiger partial charge in [-0.3, -0.25) is 0 Å². The lowest BCUT2D eigenvalue weighted by molar-refractivity contribution is 0.317. The molecule has 0 heterocycles. The van der Waals surface area contributed by atoms with Gasteiger partial charge in [-0.05, 0) is 61.1 Å². The van der Waals surface area contributed by atoms with Crippen molar-refractivity contribution in [2.75, 3.05) is 0 Å². The Morgan fingerprint density at radius 3 is 1.29 bits per heavy atom. The summed E-state index contributed by atoms with van der Waals surface area (Å²) < 4.78 is 0. The van der Waals surface area contributed by atoms with Crippen molar-refractivity contribution < 1.29 is 10.4 Å². The maximum Gasteiger partial charge on any atom is 0.0867 e. The van der Waals surface area contributed by atoms with E-state index in [1.165, 1.54) is 0 Å². The highest BCUT2D eigenvalue weighted by molar-refractivity contribution is 6.31. The molecule has 0 bridgehead atoms. The maximum absolute atomic E-state index is 9.19. The molecule has 0 aliphatic heterocycles. The van der Waals surface area contributed by atoms with Gasteiger partial charge in [0.1, 0.15) is 0 Å². The SMILES string of the molecule is O/N=C(\CCCC/C(=N\O)c1ccc(Cl)cc1)c1ccc(Cl)cc1. The third kappa shape index (κ3) is 5.25. The average Bonchev–Trinajstić information content (AvgIpc) is 2.60. The van der Waals surface area contributed by atoms with Gasteiger partial charge >= 0.3 is 0 Å². The second-order valence-electron chi connectivity index (χ2n) is 5.31. The van der Waals surface area contributed by atoms with Gasteiger partial charge in [-0.2, -0.15) is 0 Å². The highest BCUT2D eigenvalue weighted by atomic mass is 35.5. The van der Waals surface area contributed by atoms with Gasteiger partial charge in [0.05, 0.1) is 11.4 Å². The summed E-state index contributed by atoms with van der Waals surface area (Å²) in [6, 6.07) is 14.4. The van der Waals surface area contributed by atoms with Gasteiger partial charge in [0.2, 0.25) is 0 Å². The molecule has 0 radical (unpaired) electrons. The smallest absolute Gasteiger partial charge is 0.0867 e. The monoisotopic (exact) mass is 364 g/mol. The summed E-state index contributed by atoms with van der Waals surface area (Å²) in [5.41, 5.74) is 2.91. The van der Waals surface area contributed by atoms with Crippen molar-refractivity contribution in [1.82, 2.24) is 0 Å². The summed E-state index contributed by atoms with van der Waals surface area (Å²) in [4.78, 5) is 0. The third-order valence-electron chi connectivity index (χ3n) is 3.67. The second kappa shape index (κ2) is 9.30. The predicted octanol–water partition coefficient (Wildman–Crippen LogP) is 5.61. The minimum atomic E-state index is 0.612. The van der Waals surface area contributed by atoms with Crippen molar-refractivity contribution in [3.05, 3.63) is 69.7 Å². The van der Waals surface area contributed by atoms with E-state index in [0.29, 0.717) is 34.3 Å². The van der Waals surface area contributed by atoms with Crippen LogP contribution in [0.3, 0.4) is 0 Å². The van der Waals surface area contributed by atoms with Crippen LogP contribution in [-0.4, -0.2) is 21.8 Å². The zero-order valence-corrected chi connectivity index (χ0v) is 14.5. The Balaban J connectivity index is 1.86. The van der Waals surface area contributed by atoms with Crippen molar-refractivity contribution in [3.8, 4) is 0 Å². The molecule has 126 valence electrons. The van der Waals surface area contributed by atoms with Crippen LogP contribution in [0.15, 0.2) is 58.8 Å². The molecule has 0 saturated carbocycles. The molecular formula is C18H18Cl2N2O2. The number of hydrogen-bond donors (Lipinski definition) is 2. The van der Waals surface area contributed by atoms with Crippen LogP contribution < -0.4 is 0 Å². The Kier molecular flexibility index (Phi) is 7.09. The fourth-order valence-corrected chi connectivity index (χ4v) is 2.63. The Hall–Kier alpha value is -2.04. The van der Waals surface area contributed by atoms with Crippen LogP contribution >= 0.6 is 23.2 Å². The molecule has 0 spiro atoms. The predicted molar refractivity (Wildman–Crippen MR) is 98.0 cm³/mol. The molecular weight excluding hydrogens is 347 g/mol. The van der Waals surface area contributed by atoms with Crippen molar-refractivity contribution in [2.45, 2.75) is 25.7 Å². The molecule has 0 aliphatic carbocycles.